The van der Waals surface area contributed by atoms with Gasteiger partial charge in [-0.05, 0) is 31.4 Å². The normalized spacial score (nSPS) is 20.1. The van der Waals surface area contributed by atoms with Crippen molar-refractivity contribution in [3.05, 3.63) is 30.0 Å². The van der Waals surface area contributed by atoms with Gasteiger partial charge in [0.2, 0.25) is 5.91 Å². The molecule has 2 heterocycles. The first kappa shape index (κ1) is 11.2. The molecule has 3 rings (SSSR count). The van der Waals surface area contributed by atoms with Gasteiger partial charge in [0, 0.05) is 12.0 Å². The van der Waals surface area contributed by atoms with Crippen LogP contribution in [0.1, 0.15) is 35.8 Å². The molecule has 0 aliphatic carbocycles. The molecular weight excluding hydrogens is 230 g/mol. The summed E-state index contributed by atoms with van der Waals surface area (Å²) in [6, 6.07) is 5.48. The molecule has 2 aromatic rings. The van der Waals surface area contributed by atoms with Crippen molar-refractivity contribution >= 4 is 16.8 Å². The van der Waals surface area contributed by atoms with Gasteiger partial charge in [-0.2, -0.15) is 5.10 Å². The van der Waals surface area contributed by atoms with Crippen LogP contribution in [0, 0.1) is 0 Å². The average molecular weight is 245 g/mol. The highest BCUT2D eigenvalue weighted by Crippen LogP contribution is 2.27. The third-order valence-corrected chi connectivity index (χ3v) is 3.34. The van der Waals surface area contributed by atoms with Crippen LogP contribution >= 0.6 is 0 Å². The number of fused-ring (bicyclic) bond motifs is 1. The van der Waals surface area contributed by atoms with E-state index >= 15 is 0 Å². The average Bonchev–Trinajstić information content (AvgIpc) is 2.83. The minimum atomic E-state index is -0.426. The van der Waals surface area contributed by atoms with Crippen molar-refractivity contribution in [3.8, 4) is 0 Å². The Hall–Kier alpha value is -1.88. The van der Waals surface area contributed by atoms with Crippen molar-refractivity contribution in [1.82, 2.24) is 9.78 Å². The van der Waals surface area contributed by atoms with Crippen LogP contribution in [0.5, 0.6) is 0 Å². The Morgan fingerprint density at radius 1 is 1.44 bits per heavy atom. The summed E-state index contributed by atoms with van der Waals surface area (Å²) in [5.74, 6) is -0.426. The molecule has 94 valence electrons. The summed E-state index contributed by atoms with van der Waals surface area (Å²) in [6.45, 7) is 0.765. The fourth-order valence-electron chi connectivity index (χ4n) is 2.43. The Labute approximate surface area is 105 Å². The molecule has 1 aliphatic heterocycles. The van der Waals surface area contributed by atoms with Crippen LogP contribution in [-0.4, -0.2) is 22.3 Å². The van der Waals surface area contributed by atoms with Gasteiger partial charge in [0.25, 0.3) is 0 Å². The molecule has 5 nitrogen and oxygen atoms in total. The van der Waals surface area contributed by atoms with E-state index in [0.717, 1.165) is 36.8 Å². The summed E-state index contributed by atoms with van der Waals surface area (Å²) in [5, 5.41) is 5.14. The number of aromatic nitrogens is 2. The lowest BCUT2D eigenvalue weighted by Gasteiger charge is -2.23. The molecule has 0 radical (unpaired) electrons. The van der Waals surface area contributed by atoms with Crippen molar-refractivity contribution in [3.63, 3.8) is 0 Å². The van der Waals surface area contributed by atoms with E-state index in [-0.39, 0.29) is 6.23 Å². The SMILES string of the molecule is NC(=O)c1cccc2c1cnn2C1CCCCO1. The number of primary amides is 1. The maximum Gasteiger partial charge on any atom is 0.249 e. The van der Waals surface area contributed by atoms with Gasteiger partial charge in [-0.3, -0.25) is 4.79 Å². The molecule has 1 atom stereocenters. The Bertz CT molecular complexity index is 585. The molecule has 1 amide bonds. The predicted molar refractivity (Wildman–Crippen MR) is 67.1 cm³/mol. The minimum absolute atomic E-state index is 0.0284. The monoisotopic (exact) mass is 245 g/mol. The number of carbonyl (C=O) groups is 1. The lowest BCUT2D eigenvalue weighted by molar-refractivity contribution is -0.0366. The van der Waals surface area contributed by atoms with Crippen molar-refractivity contribution < 1.29 is 9.53 Å². The lowest BCUT2D eigenvalue weighted by atomic mass is 10.1. The van der Waals surface area contributed by atoms with Crippen molar-refractivity contribution in [2.45, 2.75) is 25.5 Å². The molecule has 1 aromatic carbocycles. The smallest absolute Gasteiger partial charge is 0.249 e. The summed E-state index contributed by atoms with van der Waals surface area (Å²) in [5.41, 5.74) is 6.77. The molecular formula is C13H15N3O2. The van der Waals surface area contributed by atoms with Gasteiger partial charge >= 0.3 is 0 Å². The summed E-state index contributed by atoms with van der Waals surface area (Å²) in [7, 11) is 0. The highest BCUT2D eigenvalue weighted by atomic mass is 16.5. The molecule has 18 heavy (non-hydrogen) atoms. The first-order valence-electron chi connectivity index (χ1n) is 6.15. The highest BCUT2D eigenvalue weighted by molar-refractivity contribution is 6.05. The molecule has 0 saturated carbocycles. The summed E-state index contributed by atoms with van der Waals surface area (Å²) in [4.78, 5) is 11.4. The van der Waals surface area contributed by atoms with E-state index < -0.39 is 5.91 Å². The van der Waals surface area contributed by atoms with Crippen molar-refractivity contribution in [2.24, 2.45) is 5.73 Å². The van der Waals surface area contributed by atoms with Gasteiger partial charge < -0.3 is 10.5 Å². The molecule has 1 fully saturated rings. The van der Waals surface area contributed by atoms with Crippen LogP contribution in [0.4, 0.5) is 0 Å². The zero-order chi connectivity index (χ0) is 12.5. The summed E-state index contributed by atoms with van der Waals surface area (Å²) in [6.07, 6.45) is 4.86. The van der Waals surface area contributed by atoms with Gasteiger partial charge in [-0.15, -0.1) is 0 Å². The number of hydrogen-bond acceptors (Lipinski definition) is 3. The van der Waals surface area contributed by atoms with Gasteiger partial charge in [0.05, 0.1) is 17.3 Å². The number of nitrogens with zero attached hydrogens (tertiary/aromatic N) is 2. The van der Waals surface area contributed by atoms with Crippen LogP contribution in [0.15, 0.2) is 24.4 Å². The number of benzene rings is 1. The van der Waals surface area contributed by atoms with Crippen LogP contribution < -0.4 is 5.73 Å². The summed E-state index contributed by atoms with van der Waals surface area (Å²) >= 11 is 0. The maximum absolute atomic E-state index is 11.4. The van der Waals surface area contributed by atoms with E-state index in [2.05, 4.69) is 5.10 Å². The third kappa shape index (κ3) is 1.76. The fourth-order valence-corrected chi connectivity index (χ4v) is 2.43. The number of hydrogen-bond donors (Lipinski definition) is 1. The number of carbonyl (C=O) groups excluding carboxylic acids is 1. The van der Waals surface area contributed by atoms with E-state index in [1.54, 1.807) is 12.3 Å². The standard InChI is InChI=1S/C13H15N3O2/c14-13(17)9-4-3-5-11-10(9)8-15-16(11)12-6-1-2-7-18-12/h3-5,8,12H,1-2,6-7H2,(H2,14,17). The fraction of sp³-hybridized carbons (Fsp3) is 0.385. The Morgan fingerprint density at radius 2 is 2.33 bits per heavy atom. The van der Waals surface area contributed by atoms with E-state index in [4.69, 9.17) is 10.5 Å². The minimum Gasteiger partial charge on any atom is -0.366 e. The second kappa shape index (κ2) is 4.42. The van der Waals surface area contributed by atoms with Gasteiger partial charge in [-0.1, -0.05) is 6.07 Å². The van der Waals surface area contributed by atoms with Crippen LogP contribution in [0.25, 0.3) is 10.9 Å². The third-order valence-electron chi connectivity index (χ3n) is 3.34. The van der Waals surface area contributed by atoms with E-state index in [1.165, 1.54) is 0 Å². The second-order valence-corrected chi connectivity index (χ2v) is 4.51. The van der Waals surface area contributed by atoms with Gasteiger partial charge in [-0.25, -0.2) is 4.68 Å². The summed E-state index contributed by atoms with van der Waals surface area (Å²) < 4.78 is 7.56. The molecule has 1 aromatic heterocycles. The molecule has 0 bridgehead atoms. The van der Waals surface area contributed by atoms with Crippen molar-refractivity contribution in [1.29, 1.82) is 0 Å². The molecule has 2 N–H and O–H groups in total. The van der Waals surface area contributed by atoms with Crippen LogP contribution in [0.2, 0.25) is 0 Å². The maximum atomic E-state index is 11.4. The molecule has 1 aliphatic rings. The zero-order valence-electron chi connectivity index (χ0n) is 10.0. The first-order valence-corrected chi connectivity index (χ1v) is 6.15. The predicted octanol–water partition coefficient (Wildman–Crippen LogP) is 1.83. The van der Waals surface area contributed by atoms with Crippen molar-refractivity contribution in [2.75, 3.05) is 6.61 Å². The molecule has 5 heteroatoms. The topological polar surface area (TPSA) is 70.1 Å². The highest BCUT2D eigenvalue weighted by Gasteiger charge is 2.19. The number of amides is 1. The van der Waals surface area contributed by atoms with Crippen LogP contribution in [-0.2, 0) is 4.74 Å². The Balaban J connectivity index is 2.08. The lowest BCUT2D eigenvalue weighted by Crippen LogP contribution is -2.19. The second-order valence-electron chi connectivity index (χ2n) is 4.51. The quantitative estimate of drug-likeness (QED) is 0.877. The van der Waals surface area contributed by atoms with Gasteiger partial charge in [0.1, 0.15) is 0 Å². The molecule has 1 saturated heterocycles. The number of nitrogens with two attached hydrogens (primary N) is 1. The van der Waals surface area contributed by atoms with Crippen LogP contribution in [0.3, 0.4) is 0 Å². The van der Waals surface area contributed by atoms with E-state index in [0.29, 0.717) is 5.56 Å². The Kier molecular flexibility index (Phi) is 2.76. The van der Waals surface area contributed by atoms with E-state index in [9.17, 15) is 4.79 Å². The number of ether oxygens (including phenoxy) is 1. The zero-order valence-corrected chi connectivity index (χ0v) is 10.0. The Morgan fingerprint density at radius 3 is 3.06 bits per heavy atom. The number of rotatable bonds is 2. The largest absolute Gasteiger partial charge is 0.366 e. The van der Waals surface area contributed by atoms with Gasteiger partial charge in [0.15, 0.2) is 6.23 Å². The van der Waals surface area contributed by atoms with E-state index in [1.807, 2.05) is 16.8 Å². The molecule has 1 unspecified atom stereocenters. The first-order chi connectivity index (χ1) is 8.77. The molecule has 0 spiro atoms.